The van der Waals surface area contributed by atoms with Crippen LogP contribution in [0.1, 0.15) is 31.4 Å². The number of carbonyl (C=O) groups excluding carboxylic acids is 1. The lowest BCUT2D eigenvalue weighted by molar-refractivity contribution is -0.202. The average molecular weight is 503 g/mol. The van der Waals surface area contributed by atoms with Gasteiger partial charge in [0.1, 0.15) is 17.7 Å². The number of alkyl halides is 3. The molecule has 4 rings (SSSR count). The third kappa shape index (κ3) is 6.39. The Kier molecular flexibility index (Phi) is 7.54. The minimum Gasteiger partial charge on any atom is -0.439 e. The van der Waals surface area contributed by atoms with E-state index >= 15 is 0 Å². The molecule has 3 heterocycles. The van der Waals surface area contributed by atoms with Crippen molar-refractivity contribution in [1.29, 1.82) is 5.26 Å². The first-order chi connectivity index (χ1) is 17.2. The minimum absolute atomic E-state index is 0.00855. The third-order valence-electron chi connectivity index (χ3n) is 5.85. The lowest BCUT2D eigenvalue weighted by atomic mass is 9.91. The Bertz CT molecular complexity index is 1250. The Morgan fingerprint density at radius 1 is 1.25 bits per heavy atom. The summed E-state index contributed by atoms with van der Waals surface area (Å²) in [6.07, 6.45) is -1.92. The molecule has 36 heavy (non-hydrogen) atoms. The van der Waals surface area contributed by atoms with Gasteiger partial charge in [-0.15, -0.1) is 0 Å². The molecule has 3 aromatic heterocycles. The fourth-order valence-electron chi connectivity index (χ4n) is 4.08. The highest BCUT2D eigenvalue weighted by molar-refractivity contribution is 5.91. The topological polar surface area (TPSA) is 141 Å². The summed E-state index contributed by atoms with van der Waals surface area (Å²) in [5, 5.41) is 26.7. The van der Waals surface area contributed by atoms with Crippen LogP contribution >= 0.6 is 0 Å². The molecule has 10 nitrogen and oxygen atoms in total. The molecule has 0 bridgehead atoms. The molecule has 0 spiro atoms. The van der Waals surface area contributed by atoms with Crippen LogP contribution in [0.4, 0.5) is 30.6 Å². The number of esters is 1. The molecule has 3 aromatic rings. The van der Waals surface area contributed by atoms with Gasteiger partial charge in [0.2, 0.25) is 0 Å². The summed E-state index contributed by atoms with van der Waals surface area (Å²) in [7, 11) is 0. The number of rotatable bonds is 8. The summed E-state index contributed by atoms with van der Waals surface area (Å²) in [4.78, 5) is 20.1. The summed E-state index contributed by atoms with van der Waals surface area (Å²) in [5.74, 6) is -0.432. The maximum Gasteiger partial charge on any atom is 0.490 e. The van der Waals surface area contributed by atoms with Crippen LogP contribution in [0, 0.1) is 18.3 Å². The van der Waals surface area contributed by atoms with Crippen LogP contribution in [0.2, 0.25) is 0 Å². The molecule has 0 saturated heterocycles. The van der Waals surface area contributed by atoms with Gasteiger partial charge in [-0.3, -0.25) is 10.1 Å². The lowest BCUT2D eigenvalue weighted by Gasteiger charge is -2.30. The second-order valence-electron chi connectivity index (χ2n) is 8.61. The molecule has 0 radical (unpaired) electrons. The molecule has 1 aliphatic carbocycles. The van der Waals surface area contributed by atoms with Crippen LogP contribution in [0.15, 0.2) is 30.5 Å². The zero-order valence-electron chi connectivity index (χ0n) is 19.4. The Morgan fingerprint density at radius 2 is 2.00 bits per heavy atom. The number of hydrogen-bond donors (Lipinski definition) is 4. The molecule has 0 amide bonds. The van der Waals surface area contributed by atoms with E-state index < -0.39 is 18.2 Å². The molecule has 4 N–H and O–H groups in total. The first-order valence-corrected chi connectivity index (χ1v) is 11.4. The van der Waals surface area contributed by atoms with E-state index in [0.717, 1.165) is 42.3 Å². The summed E-state index contributed by atoms with van der Waals surface area (Å²) in [6, 6.07) is 9.20. The van der Waals surface area contributed by atoms with Crippen LogP contribution in [-0.4, -0.2) is 57.0 Å². The number of aromatic nitrogens is 4. The molecule has 1 fully saturated rings. The molecule has 1 atom stereocenters. The predicted molar refractivity (Wildman–Crippen MR) is 125 cm³/mol. The van der Waals surface area contributed by atoms with Gasteiger partial charge in [0, 0.05) is 48.0 Å². The maximum atomic E-state index is 12.4. The highest BCUT2D eigenvalue weighted by atomic mass is 19.4. The van der Waals surface area contributed by atoms with Gasteiger partial charge >= 0.3 is 12.1 Å². The number of nitrogens with zero attached hydrogens (tertiary/aromatic N) is 4. The smallest absolute Gasteiger partial charge is 0.439 e. The van der Waals surface area contributed by atoms with E-state index in [1.165, 1.54) is 0 Å². The van der Waals surface area contributed by atoms with Crippen LogP contribution in [0.5, 0.6) is 0 Å². The summed E-state index contributed by atoms with van der Waals surface area (Å²) in [5.41, 5.74) is 1.69. The average Bonchev–Trinajstić information content (AvgIpc) is 3.26. The number of hydrogen-bond acceptors (Lipinski definition) is 9. The standard InChI is InChI=1S/C23H25F3N8O2/c1-13-9-20(34-33-13)31-19-10-18-17(3-2-8-28-18)21(32-19)30-15-6-4-14(5-7-15)29-12-16(11-27)36-22(35)23(24,25)26/h2-3,8-10,14-16,29H,4-7,12H2,1H3,(H3,30,31,32,33,34). The van der Waals surface area contributed by atoms with Gasteiger partial charge in [0.25, 0.3) is 0 Å². The monoisotopic (exact) mass is 502 g/mol. The number of anilines is 3. The Morgan fingerprint density at radius 3 is 2.67 bits per heavy atom. The highest BCUT2D eigenvalue weighted by Gasteiger charge is 2.42. The van der Waals surface area contributed by atoms with Gasteiger partial charge < -0.3 is 20.7 Å². The third-order valence-corrected chi connectivity index (χ3v) is 5.85. The molecule has 0 aromatic carbocycles. The van der Waals surface area contributed by atoms with E-state index in [2.05, 4.69) is 35.9 Å². The van der Waals surface area contributed by atoms with E-state index in [-0.39, 0.29) is 18.6 Å². The van der Waals surface area contributed by atoms with E-state index in [9.17, 15) is 18.0 Å². The van der Waals surface area contributed by atoms with Crippen LogP contribution in [-0.2, 0) is 9.53 Å². The first-order valence-electron chi connectivity index (χ1n) is 11.4. The number of nitriles is 1. The van der Waals surface area contributed by atoms with Gasteiger partial charge in [-0.1, -0.05) is 0 Å². The number of ether oxygens (including phenoxy) is 1. The molecule has 1 aliphatic rings. The quantitative estimate of drug-likeness (QED) is 0.339. The van der Waals surface area contributed by atoms with Crippen molar-refractivity contribution >= 4 is 34.3 Å². The van der Waals surface area contributed by atoms with E-state index in [1.54, 1.807) is 12.3 Å². The second kappa shape index (κ2) is 10.8. The Balaban J connectivity index is 1.34. The van der Waals surface area contributed by atoms with Gasteiger partial charge in [-0.25, -0.2) is 9.78 Å². The summed E-state index contributed by atoms with van der Waals surface area (Å²) < 4.78 is 41.3. The Labute approximate surface area is 204 Å². The number of halogens is 3. The van der Waals surface area contributed by atoms with Crippen molar-refractivity contribution in [2.75, 3.05) is 17.2 Å². The van der Waals surface area contributed by atoms with Crippen molar-refractivity contribution in [1.82, 2.24) is 25.5 Å². The number of aromatic amines is 1. The number of carbonyl (C=O) groups is 1. The van der Waals surface area contributed by atoms with Crippen molar-refractivity contribution in [3.63, 3.8) is 0 Å². The van der Waals surface area contributed by atoms with Crippen LogP contribution in [0.3, 0.4) is 0 Å². The van der Waals surface area contributed by atoms with Gasteiger partial charge in [-0.05, 0) is 44.7 Å². The lowest BCUT2D eigenvalue weighted by Crippen LogP contribution is -2.42. The summed E-state index contributed by atoms with van der Waals surface area (Å²) in [6.45, 7) is 1.74. The van der Waals surface area contributed by atoms with Crippen molar-refractivity contribution in [2.24, 2.45) is 0 Å². The fraction of sp³-hybridized carbons (Fsp3) is 0.435. The predicted octanol–water partition coefficient (Wildman–Crippen LogP) is 3.72. The van der Waals surface area contributed by atoms with Gasteiger partial charge in [0.15, 0.2) is 11.9 Å². The molecule has 1 unspecified atom stereocenters. The second-order valence-corrected chi connectivity index (χ2v) is 8.61. The fourth-order valence-corrected chi connectivity index (χ4v) is 4.08. The van der Waals surface area contributed by atoms with Crippen LogP contribution < -0.4 is 16.0 Å². The van der Waals surface area contributed by atoms with Crippen molar-refractivity contribution in [3.05, 3.63) is 36.2 Å². The van der Waals surface area contributed by atoms with Gasteiger partial charge in [0.05, 0.1) is 5.52 Å². The van der Waals surface area contributed by atoms with Crippen molar-refractivity contribution in [3.8, 4) is 6.07 Å². The number of aryl methyl sites for hydroxylation is 1. The number of H-pyrrole nitrogens is 1. The van der Waals surface area contributed by atoms with E-state index in [4.69, 9.17) is 10.2 Å². The molecule has 190 valence electrons. The number of pyridine rings is 2. The molecular weight excluding hydrogens is 477 g/mol. The molecule has 13 heteroatoms. The van der Waals surface area contributed by atoms with Crippen LogP contribution in [0.25, 0.3) is 10.9 Å². The molecule has 1 saturated carbocycles. The summed E-state index contributed by atoms with van der Waals surface area (Å²) >= 11 is 0. The number of fused-ring (bicyclic) bond motifs is 1. The van der Waals surface area contributed by atoms with E-state index in [1.807, 2.05) is 31.2 Å². The number of nitrogens with one attached hydrogen (secondary N) is 4. The minimum atomic E-state index is -5.13. The maximum absolute atomic E-state index is 12.4. The highest BCUT2D eigenvalue weighted by Crippen LogP contribution is 2.28. The SMILES string of the molecule is Cc1cc(Nc2cc3ncccc3c(NC3CCC(NCC(C#N)OC(=O)C(F)(F)F)CC3)n2)n[nH]1. The van der Waals surface area contributed by atoms with Crippen molar-refractivity contribution < 1.29 is 22.7 Å². The first kappa shape index (κ1) is 25.2. The Hall–Kier alpha value is -3.92. The van der Waals surface area contributed by atoms with E-state index in [0.29, 0.717) is 17.5 Å². The van der Waals surface area contributed by atoms with Gasteiger partial charge in [-0.2, -0.15) is 23.5 Å². The molecular formula is C23H25F3N8O2. The zero-order chi connectivity index (χ0) is 25.7. The van der Waals surface area contributed by atoms with Crippen molar-refractivity contribution in [2.45, 2.75) is 57.0 Å². The molecule has 0 aliphatic heterocycles. The normalized spacial score (nSPS) is 18.9. The largest absolute Gasteiger partial charge is 0.490 e. The zero-order valence-corrected chi connectivity index (χ0v) is 19.4.